The Bertz CT molecular complexity index is 2040. The molecule has 3 aromatic heterocycles. The van der Waals surface area contributed by atoms with Crippen LogP contribution in [0, 0.1) is 5.92 Å². The number of H-pyrrole nitrogens is 2. The Labute approximate surface area is 314 Å². The minimum absolute atomic E-state index is 0.00815. The van der Waals surface area contributed by atoms with E-state index in [0.717, 1.165) is 71.0 Å². The third-order valence-electron chi connectivity index (χ3n) is 10.6. The molecule has 0 radical (unpaired) electrons. The van der Waals surface area contributed by atoms with Crippen molar-refractivity contribution in [1.82, 2.24) is 45.0 Å². The second-order valence-electron chi connectivity index (χ2n) is 14.5. The highest BCUT2D eigenvalue weighted by atomic mass is 16.9. The zero-order valence-electron chi connectivity index (χ0n) is 30.7. The molecule has 4 N–H and O–H groups in total. The quantitative estimate of drug-likeness (QED) is 0.126. The number of hydrogen-bond donors (Lipinski definition) is 4. The number of rotatable bonds is 12. The third-order valence-corrected chi connectivity index (χ3v) is 10.6. The van der Waals surface area contributed by atoms with E-state index in [9.17, 15) is 9.59 Å². The molecule has 0 saturated carbocycles. The van der Waals surface area contributed by atoms with Crippen LogP contribution in [-0.2, 0) is 19.1 Å². The lowest BCUT2D eigenvalue weighted by Crippen LogP contribution is -2.53. The van der Waals surface area contributed by atoms with Gasteiger partial charge in [0.15, 0.2) is 6.79 Å². The zero-order chi connectivity index (χ0) is 37.2. The first-order valence-electron chi connectivity index (χ1n) is 18.8. The summed E-state index contributed by atoms with van der Waals surface area (Å²) in [6.45, 7) is 7.51. The number of nitrogens with one attached hydrogen (secondary N) is 4. The molecule has 0 unspecified atom stereocenters. The van der Waals surface area contributed by atoms with Gasteiger partial charge in [-0.1, -0.05) is 62.4 Å². The van der Waals surface area contributed by atoms with Crippen molar-refractivity contribution in [2.24, 2.45) is 5.92 Å². The highest BCUT2D eigenvalue weighted by Crippen LogP contribution is 2.35. The molecule has 3 aliphatic heterocycles. The van der Waals surface area contributed by atoms with Gasteiger partial charge in [0, 0.05) is 25.5 Å². The van der Waals surface area contributed by atoms with Gasteiger partial charge in [0.25, 0.3) is 0 Å². The first kappa shape index (κ1) is 35.6. The lowest BCUT2D eigenvalue weighted by atomic mass is 10.0. The molecule has 3 saturated heterocycles. The van der Waals surface area contributed by atoms with Crippen LogP contribution in [-0.4, -0.2) is 89.9 Å². The standard InChI is InChI=1S/C40H46N10O4/c1-24(2)34(48-39-41-17-6-18-42-39)38(52)50-20-5-8-33(50)36-44-22-31(47-36)29-15-11-27(12-16-29)26-9-13-28(14-10-26)30-21-43-35(46-30)32-7-4-19-49(32)37(51)25(3)45-40-53-23-54-40/h6,9-18,21-22,24-25,32-34,40,45H,4-5,7-8,19-20,23H2,1-3H3,(H,43,46)(H,44,47)(H,41,42,48)/t25-,32-,33-,34-/m0/s1. The Morgan fingerprint density at radius 3 is 1.70 bits per heavy atom. The monoisotopic (exact) mass is 730 g/mol. The summed E-state index contributed by atoms with van der Waals surface area (Å²) >= 11 is 0. The van der Waals surface area contributed by atoms with Crippen LogP contribution in [0.3, 0.4) is 0 Å². The summed E-state index contributed by atoms with van der Waals surface area (Å²) in [5.74, 6) is 2.13. The van der Waals surface area contributed by atoms with Crippen LogP contribution in [0.1, 0.15) is 70.2 Å². The van der Waals surface area contributed by atoms with Crippen molar-refractivity contribution in [3.05, 3.63) is 91.0 Å². The minimum atomic E-state index is -0.526. The summed E-state index contributed by atoms with van der Waals surface area (Å²) in [5.41, 5.74) is 6.05. The van der Waals surface area contributed by atoms with E-state index < -0.39 is 18.5 Å². The number of carbonyl (C=O) groups is 2. The van der Waals surface area contributed by atoms with Gasteiger partial charge in [0.1, 0.15) is 17.7 Å². The number of aromatic nitrogens is 6. The van der Waals surface area contributed by atoms with Crippen molar-refractivity contribution < 1.29 is 19.1 Å². The predicted octanol–water partition coefficient (Wildman–Crippen LogP) is 5.65. The average molecular weight is 731 g/mol. The summed E-state index contributed by atoms with van der Waals surface area (Å²) in [6, 6.07) is 17.5. The molecule has 0 spiro atoms. The summed E-state index contributed by atoms with van der Waals surface area (Å²) in [7, 11) is 0. The lowest BCUT2D eigenvalue weighted by molar-refractivity contribution is -0.334. The number of hydrogen-bond acceptors (Lipinski definition) is 10. The Morgan fingerprint density at radius 2 is 1.22 bits per heavy atom. The second-order valence-corrected chi connectivity index (χ2v) is 14.5. The van der Waals surface area contributed by atoms with E-state index in [-0.39, 0.29) is 36.6 Å². The molecule has 8 rings (SSSR count). The Morgan fingerprint density at radius 1 is 0.722 bits per heavy atom. The van der Waals surface area contributed by atoms with Crippen LogP contribution >= 0.6 is 0 Å². The number of likely N-dealkylation sites (tertiary alicyclic amines) is 2. The van der Waals surface area contributed by atoms with Crippen molar-refractivity contribution in [3.63, 3.8) is 0 Å². The molecular formula is C40H46N10O4. The maximum atomic E-state index is 13.8. The molecule has 0 aliphatic carbocycles. The summed E-state index contributed by atoms with van der Waals surface area (Å²) in [5, 5.41) is 6.31. The van der Waals surface area contributed by atoms with Crippen LogP contribution < -0.4 is 10.6 Å². The van der Waals surface area contributed by atoms with E-state index in [0.29, 0.717) is 19.0 Å². The van der Waals surface area contributed by atoms with Gasteiger partial charge in [0.05, 0.1) is 41.9 Å². The van der Waals surface area contributed by atoms with E-state index in [2.05, 4.69) is 84.1 Å². The van der Waals surface area contributed by atoms with E-state index >= 15 is 0 Å². The summed E-state index contributed by atoms with van der Waals surface area (Å²) < 4.78 is 10.5. The van der Waals surface area contributed by atoms with Gasteiger partial charge >= 0.3 is 0 Å². The summed E-state index contributed by atoms with van der Waals surface area (Å²) in [6.07, 6.45) is 10.1. The molecular weight excluding hydrogens is 685 g/mol. The van der Waals surface area contributed by atoms with Crippen molar-refractivity contribution in [2.45, 2.75) is 77.0 Å². The molecule has 14 heteroatoms. The highest BCUT2D eigenvalue weighted by Gasteiger charge is 2.38. The Balaban J connectivity index is 0.905. The lowest BCUT2D eigenvalue weighted by Gasteiger charge is -2.32. The fourth-order valence-electron chi connectivity index (χ4n) is 7.58. The van der Waals surface area contributed by atoms with Crippen LogP contribution in [0.25, 0.3) is 33.6 Å². The Kier molecular flexibility index (Phi) is 10.2. The topological polar surface area (TPSA) is 166 Å². The third kappa shape index (κ3) is 7.36. The van der Waals surface area contributed by atoms with Crippen LogP contribution in [0.4, 0.5) is 5.95 Å². The minimum Gasteiger partial charge on any atom is -0.342 e. The normalized spacial score (nSPS) is 19.9. The molecule has 14 nitrogen and oxygen atoms in total. The Hall–Kier alpha value is -5.44. The number of anilines is 1. The second kappa shape index (κ2) is 15.5. The number of nitrogens with zero attached hydrogens (tertiary/aromatic N) is 6. The van der Waals surface area contributed by atoms with Crippen molar-refractivity contribution in [2.75, 3.05) is 25.2 Å². The highest BCUT2D eigenvalue weighted by molar-refractivity contribution is 5.85. The number of carbonyl (C=O) groups excluding carboxylic acids is 2. The molecule has 2 aromatic carbocycles. The smallest absolute Gasteiger partial charge is 0.246 e. The van der Waals surface area contributed by atoms with Crippen LogP contribution in [0.15, 0.2) is 79.4 Å². The number of imidazole rings is 2. The van der Waals surface area contributed by atoms with Gasteiger partial charge in [-0.3, -0.25) is 14.9 Å². The number of benzene rings is 2. The number of ether oxygens (including phenoxy) is 2. The van der Waals surface area contributed by atoms with Gasteiger partial charge in [-0.2, -0.15) is 0 Å². The van der Waals surface area contributed by atoms with Crippen LogP contribution in [0.2, 0.25) is 0 Å². The van der Waals surface area contributed by atoms with E-state index in [4.69, 9.17) is 14.5 Å². The van der Waals surface area contributed by atoms with E-state index in [1.807, 2.05) is 43.0 Å². The van der Waals surface area contributed by atoms with Crippen LogP contribution in [0.5, 0.6) is 0 Å². The molecule has 54 heavy (non-hydrogen) atoms. The average Bonchev–Trinajstić information content (AvgIpc) is 4.02. The molecule has 3 aliphatic rings. The van der Waals surface area contributed by atoms with Crippen molar-refractivity contribution >= 4 is 17.8 Å². The SMILES string of the molecule is CC(C)[C@H](Nc1ncccn1)C(=O)N1CCC[C@H]1c1ncc(-c2ccc(-c3ccc(-c4cnc([C@@H]5CCCN5C(=O)[C@H](C)NC5OCO5)[nH]4)cc3)cc2)[nH]1. The molecule has 280 valence electrons. The predicted molar refractivity (Wildman–Crippen MR) is 202 cm³/mol. The van der Waals surface area contributed by atoms with Crippen molar-refractivity contribution in [3.8, 4) is 33.6 Å². The van der Waals surface area contributed by atoms with Gasteiger partial charge < -0.3 is 34.6 Å². The van der Waals surface area contributed by atoms with Gasteiger partial charge in [-0.05, 0) is 66.8 Å². The summed E-state index contributed by atoms with van der Waals surface area (Å²) in [4.78, 5) is 55.8. The largest absolute Gasteiger partial charge is 0.342 e. The molecule has 3 fully saturated rings. The fourth-order valence-corrected chi connectivity index (χ4v) is 7.58. The number of aromatic amines is 2. The van der Waals surface area contributed by atoms with Crippen molar-refractivity contribution in [1.29, 1.82) is 0 Å². The van der Waals surface area contributed by atoms with Gasteiger partial charge in [-0.25, -0.2) is 19.9 Å². The maximum absolute atomic E-state index is 13.8. The molecule has 5 aromatic rings. The fraction of sp³-hybridized carbons (Fsp3) is 0.400. The zero-order valence-corrected chi connectivity index (χ0v) is 30.7. The van der Waals surface area contributed by atoms with Gasteiger partial charge in [-0.15, -0.1) is 0 Å². The van der Waals surface area contributed by atoms with E-state index in [1.54, 1.807) is 18.5 Å². The maximum Gasteiger partial charge on any atom is 0.246 e. The molecule has 6 heterocycles. The molecule has 0 bridgehead atoms. The first-order valence-corrected chi connectivity index (χ1v) is 18.8. The molecule has 4 atom stereocenters. The molecule has 2 amide bonds. The first-order chi connectivity index (χ1) is 26.3. The van der Waals surface area contributed by atoms with Gasteiger partial charge in [0.2, 0.25) is 24.2 Å². The number of amides is 2. The van der Waals surface area contributed by atoms with E-state index in [1.165, 1.54) is 0 Å².